The summed E-state index contributed by atoms with van der Waals surface area (Å²) in [5.41, 5.74) is 1.87. The van der Waals surface area contributed by atoms with Crippen LogP contribution in [0.15, 0.2) is 54.6 Å². The van der Waals surface area contributed by atoms with Gasteiger partial charge in [0.2, 0.25) is 5.91 Å². The molecule has 0 spiro atoms. The highest BCUT2D eigenvalue weighted by molar-refractivity contribution is 5.83. The van der Waals surface area contributed by atoms with Crippen LogP contribution in [0, 0.1) is 5.82 Å². The summed E-state index contributed by atoms with van der Waals surface area (Å²) >= 11 is 0. The molecule has 2 aromatic carbocycles. The highest BCUT2D eigenvalue weighted by atomic mass is 19.1. The first-order valence-electron chi connectivity index (χ1n) is 8.27. The maximum Gasteiger partial charge on any atom is 0.227 e. The fourth-order valence-corrected chi connectivity index (χ4v) is 2.89. The Hall–Kier alpha value is -2.20. The molecular weight excluding hydrogens is 303 g/mol. The topological polar surface area (TPSA) is 32.3 Å². The second kappa shape index (κ2) is 8.60. The summed E-state index contributed by atoms with van der Waals surface area (Å²) in [5, 5.41) is 3.03. The van der Waals surface area contributed by atoms with Crippen molar-refractivity contribution in [3.63, 3.8) is 0 Å². The quantitative estimate of drug-likeness (QED) is 0.840. The van der Waals surface area contributed by atoms with E-state index in [0.717, 1.165) is 17.5 Å². The zero-order chi connectivity index (χ0) is 17.5. The molecule has 0 saturated heterocycles. The van der Waals surface area contributed by atoms with Crippen LogP contribution in [0.1, 0.15) is 36.4 Å². The highest BCUT2D eigenvalue weighted by Gasteiger charge is 2.21. The Morgan fingerprint density at radius 1 is 1.08 bits per heavy atom. The van der Waals surface area contributed by atoms with E-state index in [1.54, 1.807) is 6.07 Å². The molecule has 24 heavy (non-hydrogen) atoms. The van der Waals surface area contributed by atoms with Crippen LogP contribution in [0.25, 0.3) is 0 Å². The minimum atomic E-state index is -0.263. The van der Waals surface area contributed by atoms with Crippen LogP contribution in [-0.4, -0.2) is 31.4 Å². The number of likely N-dealkylation sites (N-methyl/N-ethyl adjacent to an activating group) is 1. The summed E-state index contributed by atoms with van der Waals surface area (Å²) in [4.78, 5) is 14.6. The maximum absolute atomic E-state index is 13.5. The van der Waals surface area contributed by atoms with Gasteiger partial charge in [-0.2, -0.15) is 0 Å². The third-order valence-electron chi connectivity index (χ3n) is 4.25. The number of carbonyl (C=O) groups excluding carboxylic acids is 1. The van der Waals surface area contributed by atoms with Gasteiger partial charge in [0.05, 0.1) is 12.0 Å². The fourth-order valence-electron chi connectivity index (χ4n) is 2.89. The molecule has 0 unspecified atom stereocenters. The first kappa shape index (κ1) is 18.1. The molecule has 2 aromatic rings. The van der Waals surface area contributed by atoms with Crippen LogP contribution in [0.3, 0.4) is 0 Å². The Bertz CT molecular complexity index is 658. The van der Waals surface area contributed by atoms with Gasteiger partial charge in [-0.05, 0) is 43.8 Å². The Morgan fingerprint density at radius 2 is 1.75 bits per heavy atom. The summed E-state index contributed by atoms with van der Waals surface area (Å²) in [6.45, 7) is 2.45. The number of hydrogen-bond donors (Lipinski definition) is 1. The van der Waals surface area contributed by atoms with E-state index < -0.39 is 0 Å². The Balaban J connectivity index is 2.07. The molecule has 128 valence electrons. The summed E-state index contributed by atoms with van der Waals surface area (Å²) in [5.74, 6) is -0.421. The predicted molar refractivity (Wildman–Crippen MR) is 95.3 cm³/mol. The third kappa shape index (κ3) is 4.65. The molecule has 0 aliphatic rings. The van der Waals surface area contributed by atoms with E-state index in [0.29, 0.717) is 6.54 Å². The van der Waals surface area contributed by atoms with Gasteiger partial charge < -0.3 is 10.2 Å². The van der Waals surface area contributed by atoms with Gasteiger partial charge in [-0.25, -0.2) is 4.39 Å². The Kier molecular flexibility index (Phi) is 6.50. The highest BCUT2D eigenvalue weighted by Crippen LogP contribution is 2.21. The van der Waals surface area contributed by atoms with Crippen LogP contribution in [0.5, 0.6) is 0 Å². The van der Waals surface area contributed by atoms with Gasteiger partial charge in [0.1, 0.15) is 5.82 Å². The first-order chi connectivity index (χ1) is 11.5. The SMILES string of the molecule is CC[C@@H](C(=O)NC[C@@H](c1cccc(F)c1)N(C)C)c1ccccc1. The average Bonchev–Trinajstić information content (AvgIpc) is 2.56. The molecule has 0 fully saturated rings. The van der Waals surface area contributed by atoms with Crippen molar-refractivity contribution in [3.8, 4) is 0 Å². The second-order valence-corrected chi connectivity index (χ2v) is 6.15. The van der Waals surface area contributed by atoms with Gasteiger partial charge >= 0.3 is 0 Å². The van der Waals surface area contributed by atoms with E-state index in [1.165, 1.54) is 12.1 Å². The van der Waals surface area contributed by atoms with E-state index in [1.807, 2.05) is 62.3 Å². The standard InChI is InChI=1S/C20H25FN2O/c1-4-18(15-9-6-5-7-10-15)20(24)22-14-19(23(2)3)16-11-8-12-17(21)13-16/h5-13,18-19H,4,14H2,1-3H3,(H,22,24)/t18-,19+/m1/s1. The van der Waals surface area contributed by atoms with E-state index in [2.05, 4.69) is 5.32 Å². The van der Waals surface area contributed by atoms with Gasteiger partial charge in [-0.1, -0.05) is 49.4 Å². The minimum Gasteiger partial charge on any atom is -0.354 e. The summed E-state index contributed by atoms with van der Waals surface area (Å²) < 4.78 is 13.5. The molecule has 0 radical (unpaired) electrons. The Labute approximate surface area is 143 Å². The number of hydrogen-bond acceptors (Lipinski definition) is 2. The van der Waals surface area contributed by atoms with Crippen molar-refractivity contribution in [3.05, 3.63) is 71.5 Å². The van der Waals surface area contributed by atoms with Crippen molar-refractivity contribution in [1.29, 1.82) is 0 Å². The normalized spacial score (nSPS) is 13.5. The van der Waals surface area contributed by atoms with E-state index in [4.69, 9.17) is 0 Å². The monoisotopic (exact) mass is 328 g/mol. The average molecular weight is 328 g/mol. The van der Waals surface area contributed by atoms with Gasteiger partial charge in [-0.15, -0.1) is 0 Å². The summed E-state index contributed by atoms with van der Waals surface area (Å²) in [6.07, 6.45) is 0.739. The lowest BCUT2D eigenvalue weighted by atomic mass is 9.95. The second-order valence-electron chi connectivity index (χ2n) is 6.15. The number of amides is 1. The van der Waals surface area contributed by atoms with E-state index in [9.17, 15) is 9.18 Å². The molecular formula is C20H25FN2O. The predicted octanol–water partition coefficient (Wildman–Crippen LogP) is 3.74. The number of nitrogens with zero attached hydrogens (tertiary/aromatic N) is 1. The smallest absolute Gasteiger partial charge is 0.227 e. The van der Waals surface area contributed by atoms with Gasteiger partial charge in [0, 0.05) is 6.54 Å². The van der Waals surface area contributed by atoms with Crippen molar-refractivity contribution in [2.24, 2.45) is 0 Å². The van der Waals surface area contributed by atoms with Crippen LogP contribution < -0.4 is 5.32 Å². The van der Waals surface area contributed by atoms with E-state index >= 15 is 0 Å². The molecule has 0 heterocycles. The van der Waals surface area contributed by atoms with Crippen LogP contribution >= 0.6 is 0 Å². The van der Waals surface area contributed by atoms with Crippen molar-refractivity contribution < 1.29 is 9.18 Å². The lowest BCUT2D eigenvalue weighted by Crippen LogP contribution is -2.37. The largest absolute Gasteiger partial charge is 0.354 e. The molecule has 0 aliphatic heterocycles. The summed E-state index contributed by atoms with van der Waals surface area (Å²) in [6, 6.07) is 16.2. The molecule has 1 N–H and O–H groups in total. The number of rotatable bonds is 7. The van der Waals surface area contributed by atoms with E-state index in [-0.39, 0.29) is 23.7 Å². The molecule has 4 heteroatoms. The molecule has 0 aromatic heterocycles. The van der Waals surface area contributed by atoms with Crippen molar-refractivity contribution >= 4 is 5.91 Å². The van der Waals surface area contributed by atoms with Gasteiger partial charge in [0.15, 0.2) is 0 Å². The zero-order valence-electron chi connectivity index (χ0n) is 14.5. The van der Waals surface area contributed by atoms with Crippen molar-refractivity contribution in [2.45, 2.75) is 25.3 Å². The molecule has 2 atom stereocenters. The fraction of sp³-hybridized carbons (Fsp3) is 0.350. The molecule has 1 amide bonds. The first-order valence-corrected chi connectivity index (χ1v) is 8.27. The molecule has 3 nitrogen and oxygen atoms in total. The lowest BCUT2D eigenvalue weighted by molar-refractivity contribution is -0.122. The number of benzene rings is 2. The zero-order valence-corrected chi connectivity index (χ0v) is 14.5. The third-order valence-corrected chi connectivity index (χ3v) is 4.25. The van der Waals surface area contributed by atoms with Crippen molar-refractivity contribution in [2.75, 3.05) is 20.6 Å². The van der Waals surface area contributed by atoms with Crippen LogP contribution in [0.2, 0.25) is 0 Å². The molecule has 0 aliphatic carbocycles. The molecule has 0 bridgehead atoms. The summed E-state index contributed by atoms with van der Waals surface area (Å²) in [7, 11) is 3.85. The maximum atomic E-state index is 13.5. The van der Waals surface area contributed by atoms with Crippen LogP contribution in [-0.2, 0) is 4.79 Å². The molecule has 0 saturated carbocycles. The van der Waals surface area contributed by atoms with Gasteiger partial charge in [-0.3, -0.25) is 4.79 Å². The number of nitrogens with one attached hydrogen (secondary N) is 1. The van der Waals surface area contributed by atoms with Crippen LogP contribution in [0.4, 0.5) is 4.39 Å². The van der Waals surface area contributed by atoms with Crippen molar-refractivity contribution in [1.82, 2.24) is 10.2 Å². The van der Waals surface area contributed by atoms with Gasteiger partial charge in [0.25, 0.3) is 0 Å². The Morgan fingerprint density at radius 3 is 2.33 bits per heavy atom. The molecule has 2 rings (SSSR count). The number of halogens is 1. The number of carbonyl (C=O) groups is 1. The minimum absolute atomic E-state index is 0.00644. The lowest BCUT2D eigenvalue weighted by Gasteiger charge is -2.26.